The van der Waals surface area contributed by atoms with Crippen LogP contribution in [0.2, 0.25) is 0 Å². The van der Waals surface area contributed by atoms with Crippen LogP contribution in [0.25, 0.3) is 11.5 Å². The summed E-state index contributed by atoms with van der Waals surface area (Å²) < 4.78 is 3.83. The average Bonchev–Trinajstić information content (AvgIpc) is 3.25. The van der Waals surface area contributed by atoms with Gasteiger partial charge in [-0.1, -0.05) is 6.07 Å². The summed E-state index contributed by atoms with van der Waals surface area (Å²) in [6.45, 7) is 7.64. The van der Waals surface area contributed by atoms with Gasteiger partial charge in [0.2, 0.25) is 0 Å². The number of hydrogen-bond donors (Lipinski definition) is 0. The molecular formula is C18H21N7O. The summed E-state index contributed by atoms with van der Waals surface area (Å²) in [5.74, 6) is 1.50. The summed E-state index contributed by atoms with van der Waals surface area (Å²) in [4.78, 5) is 19.2. The molecule has 0 fully saturated rings. The Hall–Kier alpha value is -3.03. The molecule has 1 aliphatic heterocycles. The summed E-state index contributed by atoms with van der Waals surface area (Å²) in [7, 11) is 0. The maximum Gasteiger partial charge on any atom is 0.272 e. The molecule has 0 unspecified atom stereocenters. The number of pyridine rings is 1. The second-order valence-corrected chi connectivity index (χ2v) is 6.55. The third kappa shape index (κ3) is 2.67. The molecule has 0 N–H and O–H groups in total. The minimum atomic E-state index is -0.0204. The minimum Gasteiger partial charge on any atom is -0.328 e. The van der Waals surface area contributed by atoms with Crippen LogP contribution in [0.5, 0.6) is 0 Å². The van der Waals surface area contributed by atoms with Crippen molar-refractivity contribution in [1.29, 1.82) is 0 Å². The van der Waals surface area contributed by atoms with Crippen molar-refractivity contribution < 1.29 is 4.79 Å². The normalized spacial score (nSPS) is 16.6. The quantitative estimate of drug-likeness (QED) is 0.722. The topological polar surface area (TPSA) is 81.7 Å². The molecule has 1 amide bonds. The predicted molar refractivity (Wildman–Crippen MR) is 95.3 cm³/mol. The van der Waals surface area contributed by atoms with Crippen LogP contribution in [-0.2, 0) is 13.1 Å². The molecule has 0 bridgehead atoms. The van der Waals surface area contributed by atoms with E-state index in [0.29, 0.717) is 25.3 Å². The van der Waals surface area contributed by atoms with Gasteiger partial charge in [0.15, 0.2) is 11.6 Å². The van der Waals surface area contributed by atoms with Crippen LogP contribution in [0.4, 0.5) is 0 Å². The van der Waals surface area contributed by atoms with Crippen LogP contribution in [0.3, 0.4) is 0 Å². The zero-order valence-corrected chi connectivity index (χ0v) is 15.1. The Kier molecular flexibility index (Phi) is 4.02. The van der Waals surface area contributed by atoms with E-state index in [1.807, 2.05) is 43.0 Å². The molecule has 4 heterocycles. The molecule has 0 radical (unpaired) electrons. The largest absolute Gasteiger partial charge is 0.328 e. The van der Waals surface area contributed by atoms with Gasteiger partial charge in [-0.15, -0.1) is 10.2 Å². The lowest BCUT2D eigenvalue weighted by Crippen LogP contribution is -2.41. The van der Waals surface area contributed by atoms with Gasteiger partial charge in [0.1, 0.15) is 11.4 Å². The summed E-state index contributed by atoms with van der Waals surface area (Å²) in [6, 6.07) is 7.63. The number of carbonyl (C=O) groups excluding carboxylic acids is 1. The highest BCUT2D eigenvalue weighted by Crippen LogP contribution is 2.27. The Labute approximate surface area is 151 Å². The fraction of sp³-hybridized carbons (Fsp3) is 0.389. The molecule has 3 aromatic rings. The van der Waals surface area contributed by atoms with Crippen molar-refractivity contribution >= 4 is 5.91 Å². The van der Waals surface area contributed by atoms with E-state index in [2.05, 4.69) is 31.8 Å². The maximum atomic E-state index is 13.0. The molecule has 134 valence electrons. The maximum absolute atomic E-state index is 13.0. The molecule has 8 heteroatoms. The van der Waals surface area contributed by atoms with Gasteiger partial charge in [-0.25, -0.2) is 0 Å². The van der Waals surface area contributed by atoms with Crippen molar-refractivity contribution in [2.24, 2.45) is 0 Å². The third-order valence-corrected chi connectivity index (χ3v) is 4.63. The Morgan fingerprint density at radius 3 is 2.88 bits per heavy atom. The Bertz CT molecular complexity index is 944. The van der Waals surface area contributed by atoms with Gasteiger partial charge in [0.05, 0.1) is 18.3 Å². The molecule has 1 atom stereocenters. The van der Waals surface area contributed by atoms with E-state index in [1.165, 1.54) is 0 Å². The van der Waals surface area contributed by atoms with E-state index in [0.717, 1.165) is 23.0 Å². The van der Waals surface area contributed by atoms with Crippen LogP contribution < -0.4 is 0 Å². The van der Waals surface area contributed by atoms with Gasteiger partial charge < -0.3 is 9.47 Å². The first-order valence-electron chi connectivity index (χ1n) is 8.77. The number of nitrogens with zero attached hydrogens (tertiary/aromatic N) is 7. The van der Waals surface area contributed by atoms with Gasteiger partial charge in [0.25, 0.3) is 5.91 Å². The number of fused-ring (bicyclic) bond motifs is 1. The number of aryl methyl sites for hydroxylation is 2. The highest BCUT2D eigenvalue weighted by atomic mass is 16.2. The zero-order chi connectivity index (χ0) is 18.3. The lowest BCUT2D eigenvalue weighted by Gasteiger charge is -2.32. The predicted octanol–water partition coefficient (Wildman–Crippen LogP) is 2.08. The van der Waals surface area contributed by atoms with E-state index >= 15 is 0 Å². The SMILES string of the molecule is CCn1nc(C)cc1C(=O)N1Cc2nnc(-c3ccccn3)n2[C@@H](C)C1. The Balaban J connectivity index is 1.65. The van der Waals surface area contributed by atoms with E-state index < -0.39 is 0 Å². The van der Waals surface area contributed by atoms with E-state index in [-0.39, 0.29) is 11.9 Å². The number of aromatic nitrogens is 6. The van der Waals surface area contributed by atoms with E-state index in [1.54, 1.807) is 10.9 Å². The second-order valence-electron chi connectivity index (χ2n) is 6.55. The number of carbonyl (C=O) groups is 1. The van der Waals surface area contributed by atoms with Gasteiger partial charge in [-0.05, 0) is 39.0 Å². The van der Waals surface area contributed by atoms with E-state index in [4.69, 9.17) is 0 Å². The van der Waals surface area contributed by atoms with E-state index in [9.17, 15) is 4.79 Å². The van der Waals surface area contributed by atoms with Crippen LogP contribution in [0, 0.1) is 6.92 Å². The second kappa shape index (κ2) is 6.36. The molecule has 4 rings (SSSR count). The third-order valence-electron chi connectivity index (χ3n) is 4.63. The van der Waals surface area contributed by atoms with Crippen LogP contribution >= 0.6 is 0 Å². The average molecular weight is 351 g/mol. The fourth-order valence-electron chi connectivity index (χ4n) is 3.48. The van der Waals surface area contributed by atoms with Crippen molar-refractivity contribution in [3.05, 3.63) is 47.7 Å². The van der Waals surface area contributed by atoms with Crippen molar-refractivity contribution in [2.75, 3.05) is 6.54 Å². The van der Waals surface area contributed by atoms with Crippen LogP contribution in [0.15, 0.2) is 30.5 Å². The first-order valence-corrected chi connectivity index (χ1v) is 8.77. The highest BCUT2D eigenvalue weighted by molar-refractivity contribution is 5.92. The van der Waals surface area contributed by atoms with Crippen LogP contribution in [0.1, 0.15) is 41.9 Å². The summed E-state index contributed by atoms with van der Waals surface area (Å²) in [5.41, 5.74) is 2.26. The Morgan fingerprint density at radius 1 is 1.31 bits per heavy atom. The highest BCUT2D eigenvalue weighted by Gasteiger charge is 2.31. The lowest BCUT2D eigenvalue weighted by atomic mass is 10.2. The Morgan fingerprint density at radius 2 is 2.15 bits per heavy atom. The first-order chi connectivity index (χ1) is 12.6. The van der Waals surface area contributed by atoms with Crippen molar-refractivity contribution in [1.82, 2.24) is 34.4 Å². The molecule has 0 spiro atoms. The standard InChI is InChI=1S/C18H21N7O/c1-4-24-15(9-12(2)22-24)18(26)23-10-13(3)25-16(11-23)20-21-17(25)14-7-5-6-8-19-14/h5-9,13H,4,10-11H2,1-3H3/t13-/m0/s1. The van der Waals surface area contributed by atoms with Crippen molar-refractivity contribution in [3.63, 3.8) is 0 Å². The summed E-state index contributed by atoms with van der Waals surface area (Å²) in [5, 5.41) is 13.0. The van der Waals surface area contributed by atoms with Crippen molar-refractivity contribution in [2.45, 2.75) is 39.9 Å². The number of rotatable bonds is 3. The fourth-order valence-corrected chi connectivity index (χ4v) is 3.48. The molecule has 3 aromatic heterocycles. The summed E-state index contributed by atoms with van der Waals surface area (Å²) >= 11 is 0. The van der Waals surface area contributed by atoms with Crippen LogP contribution in [-0.4, -0.2) is 46.9 Å². The summed E-state index contributed by atoms with van der Waals surface area (Å²) in [6.07, 6.45) is 1.74. The molecule has 8 nitrogen and oxygen atoms in total. The lowest BCUT2D eigenvalue weighted by molar-refractivity contribution is 0.0669. The molecular weight excluding hydrogens is 330 g/mol. The molecule has 0 aromatic carbocycles. The van der Waals surface area contributed by atoms with Crippen molar-refractivity contribution in [3.8, 4) is 11.5 Å². The smallest absolute Gasteiger partial charge is 0.272 e. The van der Waals surface area contributed by atoms with Gasteiger partial charge >= 0.3 is 0 Å². The monoisotopic (exact) mass is 351 g/mol. The molecule has 0 saturated carbocycles. The van der Waals surface area contributed by atoms with Gasteiger partial charge in [0, 0.05) is 19.3 Å². The zero-order valence-electron chi connectivity index (χ0n) is 15.1. The molecule has 0 saturated heterocycles. The minimum absolute atomic E-state index is 0.0204. The molecule has 1 aliphatic rings. The molecule has 26 heavy (non-hydrogen) atoms. The number of hydrogen-bond acceptors (Lipinski definition) is 5. The van der Waals surface area contributed by atoms with Gasteiger partial charge in [-0.2, -0.15) is 5.10 Å². The van der Waals surface area contributed by atoms with Gasteiger partial charge in [-0.3, -0.25) is 14.5 Å². The first kappa shape index (κ1) is 16.4. The molecule has 0 aliphatic carbocycles. The number of amides is 1.